The summed E-state index contributed by atoms with van der Waals surface area (Å²) in [7, 11) is 0. The normalized spacial score (nSPS) is 32.2. The molecule has 0 bridgehead atoms. The molecular weight excluding hydrogens is 170 g/mol. The van der Waals surface area contributed by atoms with Crippen molar-refractivity contribution in [1.82, 2.24) is 4.90 Å². The molecule has 0 aliphatic carbocycles. The molecule has 1 rings (SSSR count). The van der Waals surface area contributed by atoms with Gasteiger partial charge >= 0.3 is 0 Å². The summed E-state index contributed by atoms with van der Waals surface area (Å²) in [5, 5.41) is 0.419. The van der Waals surface area contributed by atoms with Crippen molar-refractivity contribution >= 4 is 11.6 Å². The Morgan fingerprint density at radius 3 is 2.83 bits per heavy atom. The average Bonchev–Trinajstić information content (AvgIpc) is 2.07. The van der Waals surface area contributed by atoms with Crippen LogP contribution in [0.1, 0.15) is 33.1 Å². The Kier molecular flexibility index (Phi) is 4.38. The molecule has 0 N–H and O–H groups in total. The number of rotatable bonds is 3. The second-order valence-electron chi connectivity index (χ2n) is 3.94. The Balaban J connectivity index is 2.21. The molecule has 1 aliphatic heterocycles. The topological polar surface area (TPSA) is 3.24 Å². The van der Waals surface area contributed by atoms with E-state index in [0.29, 0.717) is 11.3 Å². The molecule has 1 fully saturated rings. The first-order valence-electron chi connectivity index (χ1n) is 5.10. The van der Waals surface area contributed by atoms with E-state index in [0.717, 1.165) is 0 Å². The fraction of sp³-hybridized carbons (Fsp3) is 1.00. The summed E-state index contributed by atoms with van der Waals surface area (Å²) >= 11 is 6.14. The van der Waals surface area contributed by atoms with Gasteiger partial charge in [-0.2, -0.15) is 0 Å². The number of nitrogens with zero attached hydrogens (tertiary/aromatic N) is 1. The predicted molar refractivity (Wildman–Crippen MR) is 54.8 cm³/mol. The molecule has 72 valence electrons. The molecule has 0 saturated carbocycles. The predicted octanol–water partition coefficient (Wildman–Crippen LogP) is 2.74. The Morgan fingerprint density at radius 2 is 2.25 bits per heavy atom. The standard InChI is InChI=1S/C10H20ClN/c1-3-4-6-12-7-5-10(11)9(2)8-12/h9-10H,3-8H2,1-2H3. The molecule has 0 radical (unpaired) electrons. The van der Waals surface area contributed by atoms with Gasteiger partial charge in [0.1, 0.15) is 0 Å². The lowest BCUT2D eigenvalue weighted by Crippen LogP contribution is -2.40. The summed E-state index contributed by atoms with van der Waals surface area (Å²) in [6.45, 7) is 8.19. The van der Waals surface area contributed by atoms with Gasteiger partial charge in [0.05, 0.1) is 0 Å². The van der Waals surface area contributed by atoms with E-state index < -0.39 is 0 Å². The zero-order valence-corrected chi connectivity index (χ0v) is 8.98. The number of unbranched alkanes of at least 4 members (excludes halogenated alkanes) is 1. The van der Waals surface area contributed by atoms with Crippen molar-refractivity contribution in [1.29, 1.82) is 0 Å². The third-order valence-electron chi connectivity index (χ3n) is 2.71. The fourth-order valence-electron chi connectivity index (χ4n) is 1.79. The second kappa shape index (κ2) is 5.08. The van der Waals surface area contributed by atoms with E-state index in [1.54, 1.807) is 0 Å². The maximum absolute atomic E-state index is 6.14. The smallest absolute Gasteiger partial charge is 0.0386 e. The van der Waals surface area contributed by atoms with Crippen LogP contribution in [0.2, 0.25) is 0 Å². The van der Waals surface area contributed by atoms with Gasteiger partial charge in [0.15, 0.2) is 0 Å². The van der Waals surface area contributed by atoms with Crippen LogP contribution in [0.15, 0.2) is 0 Å². The van der Waals surface area contributed by atoms with Crippen LogP contribution in [0.4, 0.5) is 0 Å². The molecule has 1 saturated heterocycles. The van der Waals surface area contributed by atoms with Crippen molar-refractivity contribution in [2.24, 2.45) is 5.92 Å². The fourth-order valence-corrected chi connectivity index (χ4v) is 1.97. The lowest BCUT2D eigenvalue weighted by atomic mass is 9.99. The first-order valence-corrected chi connectivity index (χ1v) is 5.54. The van der Waals surface area contributed by atoms with Crippen LogP contribution in [0.25, 0.3) is 0 Å². The average molecular weight is 190 g/mol. The molecule has 1 aliphatic rings. The molecule has 0 aromatic rings. The molecular formula is C10H20ClN. The van der Waals surface area contributed by atoms with E-state index in [-0.39, 0.29) is 0 Å². The largest absolute Gasteiger partial charge is 0.303 e. The Morgan fingerprint density at radius 1 is 1.50 bits per heavy atom. The molecule has 2 heteroatoms. The van der Waals surface area contributed by atoms with E-state index in [2.05, 4.69) is 18.7 Å². The van der Waals surface area contributed by atoms with Crippen molar-refractivity contribution in [2.45, 2.75) is 38.5 Å². The zero-order valence-electron chi connectivity index (χ0n) is 8.22. The third kappa shape index (κ3) is 2.95. The van der Waals surface area contributed by atoms with Crippen molar-refractivity contribution < 1.29 is 0 Å². The van der Waals surface area contributed by atoms with Crippen molar-refractivity contribution in [3.05, 3.63) is 0 Å². The lowest BCUT2D eigenvalue weighted by molar-refractivity contribution is 0.185. The number of likely N-dealkylation sites (tertiary alicyclic amines) is 1. The molecule has 0 aromatic carbocycles. The van der Waals surface area contributed by atoms with Gasteiger partial charge in [0.25, 0.3) is 0 Å². The van der Waals surface area contributed by atoms with Crippen molar-refractivity contribution in [3.63, 3.8) is 0 Å². The molecule has 0 spiro atoms. The van der Waals surface area contributed by atoms with Crippen LogP contribution in [-0.4, -0.2) is 29.9 Å². The van der Waals surface area contributed by atoms with Gasteiger partial charge in [0.2, 0.25) is 0 Å². The number of hydrogen-bond acceptors (Lipinski definition) is 1. The van der Waals surface area contributed by atoms with Crippen molar-refractivity contribution in [3.8, 4) is 0 Å². The summed E-state index contributed by atoms with van der Waals surface area (Å²) in [5.74, 6) is 0.678. The summed E-state index contributed by atoms with van der Waals surface area (Å²) in [4.78, 5) is 2.55. The van der Waals surface area contributed by atoms with E-state index in [4.69, 9.17) is 11.6 Å². The number of piperidine rings is 1. The SMILES string of the molecule is CCCCN1CCC(Cl)C(C)C1. The molecule has 1 heterocycles. The minimum Gasteiger partial charge on any atom is -0.303 e. The molecule has 2 unspecified atom stereocenters. The van der Waals surface area contributed by atoms with Gasteiger partial charge < -0.3 is 4.90 Å². The van der Waals surface area contributed by atoms with Crippen molar-refractivity contribution in [2.75, 3.05) is 19.6 Å². The maximum atomic E-state index is 6.14. The zero-order chi connectivity index (χ0) is 8.97. The highest BCUT2D eigenvalue weighted by molar-refractivity contribution is 6.20. The van der Waals surface area contributed by atoms with E-state index in [1.165, 1.54) is 38.9 Å². The maximum Gasteiger partial charge on any atom is 0.0386 e. The van der Waals surface area contributed by atoms with Crippen LogP contribution in [0, 0.1) is 5.92 Å². The van der Waals surface area contributed by atoms with Crippen LogP contribution < -0.4 is 0 Å². The van der Waals surface area contributed by atoms with E-state index in [9.17, 15) is 0 Å². The van der Waals surface area contributed by atoms with Gasteiger partial charge in [-0.3, -0.25) is 0 Å². The summed E-state index contributed by atoms with van der Waals surface area (Å²) < 4.78 is 0. The summed E-state index contributed by atoms with van der Waals surface area (Å²) in [6, 6.07) is 0. The van der Waals surface area contributed by atoms with Crippen LogP contribution >= 0.6 is 11.6 Å². The first kappa shape index (κ1) is 10.3. The Labute approximate surface area is 81.1 Å². The molecule has 0 amide bonds. The van der Waals surface area contributed by atoms with Gasteiger partial charge in [-0.05, 0) is 31.8 Å². The number of halogens is 1. The van der Waals surface area contributed by atoms with Gasteiger partial charge in [0, 0.05) is 11.9 Å². The van der Waals surface area contributed by atoms with Gasteiger partial charge in [-0.25, -0.2) is 0 Å². The van der Waals surface area contributed by atoms with Crippen LogP contribution in [0.5, 0.6) is 0 Å². The van der Waals surface area contributed by atoms with E-state index in [1.807, 2.05) is 0 Å². The highest BCUT2D eigenvalue weighted by atomic mass is 35.5. The second-order valence-corrected chi connectivity index (χ2v) is 4.50. The van der Waals surface area contributed by atoms with Crippen LogP contribution in [-0.2, 0) is 0 Å². The molecule has 12 heavy (non-hydrogen) atoms. The summed E-state index contributed by atoms with van der Waals surface area (Å²) in [6.07, 6.45) is 3.81. The third-order valence-corrected chi connectivity index (χ3v) is 3.36. The molecule has 0 aromatic heterocycles. The monoisotopic (exact) mass is 189 g/mol. The van der Waals surface area contributed by atoms with E-state index >= 15 is 0 Å². The Hall–Kier alpha value is 0.250. The number of hydrogen-bond donors (Lipinski definition) is 0. The first-order chi connectivity index (χ1) is 5.74. The quantitative estimate of drug-likeness (QED) is 0.618. The van der Waals surface area contributed by atoms with Gasteiger partial charge in [-0.15, -0.1) is 11.6 Å². The number of alkyl halides is 1. The highest BCUT2D eigenvalue weighted by Gasteiger charge is 2.23. The highest BCUT2D eigenvalue weighted by Crippen LogP contribution is 2.21. The summed E-state index contributed by atoms with van der Waals surface area (Å²) in [5.41, 5.74) is 0. The minimum atomic E-state index is 0.419. The minimum absolute atomic E-state index is 0.419. The molecule has 1 nitrogen and oxygen atoms in total. The lowest BCUT2D eigenvalue weighted by Gasteiger charge is -2.33. The molecule has 2 atom stereocenters. The van der Waals surface area contributed by atoms with Crippen LogP contribution in [0.3, 0.4) is 0 Å². The van der Waals surface area contributed by atoms with Gasteiger partial charge in [-0.1, -0.05) is 20.3 Å². The Bertz CT molecular complexity index is 125.